The highest BCUT2D eigenvalue weighted by Gasteiger charge is 2.19. The average Bonchev–Trinajstić information content (AvgIpc) is 3.34. The predicted molar refractivity (Wildman–Crippen MR) is 96.8 cm³/mol. The number of rotatable bonds is 7. The summed E-state index contributed by atoms with van der Waals surface area (Å²) in [5.74, 6) is 1.25. The zero-order chi connectivity index (χ0) is 17.8. The van der Waals surface area contributed by atoms with Gasteiger partial charge in [0.15, 0.2) is 0 Å². The van der Waals surface area contributed by atoms with Crippen LogP contribution < -0.4 is 5.32 Å². The molecule has 1 fully saturated rings. The third-order valence-corrected chi connectivity index (χ3v) is 4.65. The first-order valence-electron chi connectivity index (χ1n) is 8.82. The molecule has 0 unspecified atom stereocenters. The maximum absolute atomic E-state index is 5.44. The topological polar surface area (TPSA) is 89.2 Å². The molecule has 0 saturated carbocycles. The van der Waals surface area contributed by atoms with E-state index in [0.717, 1.165) is 67.4 Å². The Kier molecular flexibility index (Phi) is 5.03. The van der Waals surface area contributed by atoms with E-state index in [0.29, 0.717) is 5.92 Å². The highest BCUT2D eigenvalue weighted by molar-refractivity contribution is 5.76. The molecule has 136 valence electrons. The lowest BCUT2D eigenvalue weighted by Crippen LogP contribution is -2.25. The molecule has 0 spiro atoms. The lowest BCUT2D eigenvalue weighted by atomic mass is 10.1. The molecule has 1 saturated heterocycles. The van der Waals surface area contributed by atoms with Crippen molar-refractivity contribution >= 4 is 16.9 Å². The first-order valence-corrected chi connectivity index (χ1v) is 8.82. The number of likely N-dealkylation sites (N-methyl/N-ethyl adjacent to an activating group) is 1. The van der Waals surface area contributed by atoms with Gasteiger partial charge in [-0.3, -0.25) is 0 Å². The summed E-state index contributed by atoms with van der Waals surface area (Å²) in [6.07, 6.45) is 2.65. The summed E-state index contributed by atoms with van der Waals surface area (Å²) in [4.78, 5) is 10.9. The van der Waals surface area contributed by atoms with Gasteiger partial charge in [-0.2, -0.15) is 0 Å². The van der Waals surface area contributed by atoms with Crippen molar-refractivity contribution in [3.05, 3.63) is 41.9 Å². The molecule has 1 aliphatic rings. The molecule has 0 amide bonds. The van der Waals surface area contributed by atoms with Gasteiger partial charge in [-0.15, -0.1) is 0 Å². The Morgan fingerprint density at radius 2 is 2.23 bits per heavy atom. The van der Waals surface area contributed by atoms with E-state index in [9.17, 15) is 0 Å². The molecule has 1 N–H and O–H groups in total. The summed E-state index contributed by atoms with van der Waals surface area (Å²) in [6, 6.07) is 7.96. The van der Waals surface area contributed by atoms with Crippen LogP contribution >= 0.6 is 0 Å². The number of hydrogen-bond donors (Lipinski definition) is 1. The van der Waals surface area contributed by atoms with Crippen molar-refractivity contribution < 1.29 is 9.37 Å². The number of benzene rings is 1. The Morgan fingerprint density at radius 1 is 1.27 bits per heavy atom. The van der Waals surface area contributed by atoms with Gasteiger partial charge in [-0.05, 0) is 35.4 Å². The van der Waals surface area contributed by atoms with Crippen molar-refractivity contribution in [3.8, 4) is 0 Å². The fourth-order valence-corrected chi connectivity index (χ4v) is 3.19. The molecule has 0 aliphatic carbocycles. The van der Waals surface area contributed by atoms with Crippen LogP contribution in [0.4, 0.5) is 5.82 Å². The lowest BCUT2D eigenvalue weighted by molar-refractivity contribution is 0.193. The van der Waals surface area contributed by atoms with Gasteiger partial charge in [0.25, 0.3) is 0 Å². The number of aromatic nitrogens is 4. The van der Waals surface area contributed by atoms with Crippen molar-refractivity contribution in [1.29, 1.82) is 0 Å². The van der Waals surface area contributed by atoms with Crippen LogP contribution in [-0.4, -0.2) is 58.5 Å². The predicted octanol–water partition coefficient (Wildman–Crippen LogP) is 2.06. The number of hydrogen-bond acceptors (Lipinski definition) is 8. The van der Waals surface area contributed by atoms with E-state index in [4.69, 9.17) is 9.37 Å². The highest BCUT2D eigenvalue weighted by atomic mass is 16.6. The number of ether oxygens (including phenoxy) is 1. The average molecular weight is 354 g/mol. The molecule has 8 heteroatoms. The molecule has 1 aliphatic heterocycles. The summed E-state index contributed by atoms with van der Waals surface area (Å²) in [5, 5.41) is 11.3. The molecule has 0 radical (unpaired) electrons. The summed E-state index contributed by atoms with van der Waals surface area (Å²) in [7, 11) is 2.08. The fourth-order valence-electron chi connectivity index (χ4n) is 3.19. The molecule has 26 heavy (non-hydrogen) atoms. The van der Waals surface area contributed by atoms with Crippen molar-refractivity contribution in [2.75, 3.05) is 38.7 Å². The first-order chi connectivity index (χ1) is 12.8. The van der Waals surface area contributed by atoms with Gasteiger partial charge in [0.05, 0.1) is 12.3 Å². The number of anilines is 1. The number of nitrogens with zero attached hydrogens (tertiary/aromatic N) is 5. The molecular formula is C18H22N6O2. The fraction of sp³-hybridized carbons (Fsp3) is 0.444. The third kappa shape index (κ3) is 3.81. The zero-order valence-corrected chi connectivity index (χ0v) is 14.8. The van der Waals surface area contributed by atoms with Gasteiger partial charge in [0.1, 0.15) is 23.2 Å². The molecule has 3 heterocycles. The number of nitrogens with one attached hydrogen (secondary N) is 1. The van der Waals surface area contributed by atoms with Crippen LogP contribution in [0.1, 0.15) is 23.6 Å². The van der Waals surface area contributed by atoms with E-state index in [1.54, 1.807) is 6.33 Å². The van der Waals surface area contributed by atoms with E-state index in [2.05, 4.69) is 43.6 Å². The molecular weight excluding hydrogens is 332 g/mol. The Hall–Kier alpha value is -2.58. The second kappa shape index (κ2) is 7.76. The minimum atomic E-state index is 0.387. The Morgan fingerprint density at radius 3 is 3.12 bits per heavy atom. The smallest absolute Gasteiger partial charge is 0.139 e. The van der Waals surface area contributed by atoms with E-state index < -0.39 is 0 Å². The third-order valence-electron chi connectivity index (χ3n) is 4.65. The van der Waals surface area contributed by atoms with E-state index in [-0.39, 0.29) is 0 Å². The van der Waals surface area contributed by atoms with E-state index >= 15 is 0 Å². The molecule has 2 aromatic heterocycles. The minimum absolute atomic E-state index is 0.387. The van der Waals surface area contributed by atoms with Gasteiger partial charge < -0.3 is 15.0 Å². The second-order valence-electron chi connectivity index (χ2n) is 6.60. The Balaban J connectivity index is 1.30. The molecule has 1 aromatic carbocycles. The standard InChI is InChI=1S/C18H22N6O2/c1-24(10-13-3-2-4-15-18(13)23-26-22-15)7-6-19-17-9-16(20-12-21-17)14-5-8-25-11-14/h2-4,9,12,14H,5-8,10-11H2,1H3,(H,19,20,21)/t14-/m1/s1. The maximum atomic E-state index is 5.44. The molecule has 0 bridgehead atoms. The van der Waals surface area contributed by atoms with Crippen LogP contribution in [0.2, 0.25) is 0 Å². The van der Waals surface area contributed by atoms with Crippen LogP contribution in [0.3, 0.4) is 0 Å². The summed E-state index contributed by atoms with van der Waals surface area (Å²) >= 11 is 0. The van der Waals surface area contributed by atoms with E-state index in [1.165, 1.54) is 0 Å². The highest BCUT2D eigenvalue weighted by Crippen LogP contribution is 2.24. The summed E-state index contributed by atoms with van der Waals surface area (Å²) in [5.41, 5.74) is 3.78. The van der Waals surface area contributed by atoms with Crippen molar-refractivity contribution in [1.82, 2.24) is 25.2 Å². The van der Waals surface area contributed by atoms with Crippen LogP contribution in [0, 0.1) is 0 Å². The quantitative estimate of drug-likeness (QED) is 0.690. The van der Waals surface area contributed by atoms with Crippen LogP contribution in [-0.2, 0) is 11.3 Å². The van der Waals surface area contributed by atoms with Gasteiger partial charge >= 0.3 is 0 Å². The van der Waals surface area contributed by atoms with Crippen molar-refractivity contribution in [2.45, 2.75) is 18.9 Å². The summed E-state index contributed by atoms with van der Waals surface area (Å²) in [6.45, 7) is 4.01. The molecule has 8 nitrogen and oxygen atoms in total. The lowest BCUT2D eigenvalue weighted by Gasteiger charge is -2.17. The van der Waals surface area contributed by atoms with Gasteiger partial charge in [-0.1, -0.05) is 12.1 Å². The van der Waals surface area contributed by atoms with Gasteiger partial charge in [0, 0.05) is 38.2 Å². The van der Waals surface area contributed by atoms with Crippen molar-refractivity contribution in [2.24, 2.45) is 0 Å². The first kappa shape index (κ1) is 16.9. The van der Waals surface area contributed by atoms with Crippen LogP contribution in [0.5, 0.6) is 0 Å². The second-order valence-corrected chi connectivity index (χ2v) is 6.60. The number of fused-ring (bicyclic) bond motifs is 1. The Bertz CT molecular complexity index is 862. The minimum Gasteiger partial charge on any atom is -0.381 e. The van der Waals surface area contributed by atoms with Crippen molar-refractivity contribution in [3.63, 3.8) is 0 Å². The normalized spacial score (nSPS) is 17.2. The van der Waals surface area contributed by atoms with E-state index in [1.807, 2.05) is 18.2 Å². The van der Waals surface area contributed by atoms with Crippen LogP contribution in [0.15, 0.2) is 35.2 Å². The zero-order valence-electron chi connectivity index (χ0n) is 14.8. The monoisotopic (exact) mass is 354 g/mol. The molecule has 1 atom stereocenters. The SMILES string of the molecule is CN(CCNc1cc([C@@H]2CCOC2)ncn1)Cc1cccc2nonc12. The largest absolute Gasteiger partial charge is 0.381 e. The molecule has 3 aromatic rings. The van der Waals surface area contributed by atoms with Gasteiger partial charge in [0.2, 0.25) is 0 Å². The summed E-state index contributed by atoms with van der Waals surface area (Å²) < 4.78 is 10.3. The Labute approximate surface area is 151 Å². The van der Waals surface area contributed by atoms with Gasteiger partial charge in [-0.25, -0.2) is 14.6 Å². The molecule has 4 rings (SSSR count). The maximum Gasteiger partial charge on any atom is 0.139 e. The van der Waals surface area contributed by atoms with Crippen LogP contribution in [0.25, 0.3) is 11.0 Å².